The summed E-state index contributed by atoms with van der Waals surface area (Å²) in [6.07, 6.45) is 2.14. The van der Waals surface area contributed by atoms with Crippen LogP contribution in [0.3, 0.4) is 0 Å². The number of aliphatic hydroxyl groups is 1. The zero-order valence-electron chi connectivity index (χ0n) is 14.3. The molecule has 1 atom stereocenters. The minimum absolute atomic E-state index is 0.00923. The molecule has 1 fully saturated rings. The third kappa shape index (κ3) is 3.67. The van der Waals surface area contributed by atoms with Gasteiger partial charge in [-0.2, -0.15) is 5.10 Å². The van der Waals surface area contributed by atoms with Gasteiger partial charge in [-0.1, -0.05) is 44.2 Å². The van der Waals surface area contributed by atoms with Crippen LogP contribution in [0.1, 0.15) is 54.4 Å². The topological polar surface area (TPSA) is 69.2 Å². The molecule has 1 unspecified atom stereocenters. The van der Waals surface area contributed by atoms with Gasteiger partial charge in [0.15, 0.2) is 0 Å². The van der Waals surface area contributed by atoms with E-state index in [1.54, 1.807) is 4.90 Å². The van der Waals surface area contributed by atoms with Gasteiger partial charge in [-0.15, -0.1) is 0 Å². The molecule has 0 radical (unpaired) electrons. The number of nitrogens with one attached hydrogen (secondary N) is 1. The van der Waals surface area contributed by atoms with Crippen molar-refractivity contribution in [1.29, 1.82) is 0 Å². The zero-order chi connectivity index (χ0) is 17.1. The van der Waals surface area contributed by atoms with Crippen LogP contribution in [0.4, 0.5) is 0 Å². The monoisotopic (exact) mass is 327 g/mol. The molecule has 1 aliphatic carbocycles. The zero-order valence-corrected chi connectivity index (χ0v) is 14.3. The number of carbonyl (C=O) groups excluding carboxylic acids is 1. The van der Waals surface area contributed by atoms with E-state index < -0.39 is 0 Å². The predicted molar refractivity (Wildman–Crippen MR) is 92.6 cm³/mol. The first-order valence-corrected chi connectivity index (χ1v) is 8.61. The molecule has 0 bridgehead atoms. The Morgan fingerprint density at radius 3 is 2.58 bits per heavy atom. The van der Waals surface area contributed by atoms with Crippen LogP contribution in [0, 0.1) is 5.92 Å². The molecule has 0 aliphatic heterocycles. The van der Waals surface area contributed by atoms with E-state index in [0.29, 0.717) is 24.1 Å². The first kappa shape index (κ1) is 16.7. The smallest absolute Gasteiger partial charge is 0.274 e. The van der Waals surface area contributed by atoms with Gasteiger partial charge in [0.1, 0.15) is 5.69 Å². The minimum Gasteiger partial charge on any atom is -0.394 e. The lowest BCUT2D eigenvalue weighted by atomic mass is 10.1. The molecule has 1 saturated carbocycles. The van der Waals surface area contributed by atoms with E-state index >= 15 is 0 Å². The number of aliphatic hydroxyl groups excluding tert-OH is 1. The molecule has 1 aliphatic rings. The average molecular weight is 327 g/mol. The first-order valence-electron chi connectivity index (χ1n) is 8.61. The summed E-state index contributed by atoms with van der Waals surface area (Å²) in [6, 6.07) is 11.6. The maximum atomic E-state index is 13.1. The number of hydrogen-bond acceptors (Lipinski definition) is 3. The van der Waals surface area contributed by atoms with E-state index in [4.69, 9.17) is 0 Å². The molecule has 5 heteroatoms. The summed E-state index contributed by atoms with van der Waals surface area (Å²) >= 11 is 0. The second kappa shape index (κ2) is 7.18. The number of carbonyl (C=O) groups is 1. The first-order chi connectivity index (χ1) is 11.6. The maximum Gasteiger partial charge on any atom is 0.274 e. The third-order valence-electron chi connectivity index (χ3n) is 4.65. The number of hydrogen-bond donors (Lipinski definition) is 2. The van der Waals surface area contributed by atoms with Crippen molar-refractivity contribution >= 4 is 5.91 Å². The Balaban J connectivity index is 1.86. The van der Waals surface area contributed by atoms with Gasteiger partial charge in [0, 0.05) is 12.2 Å². The highest BCUT2D eigenvalue weighted by Crippen LogP contribution is 2.36. The van der Waals surface area contributed by atoms with Crippen LogP contribution in [0.25, 0.3) is 0 Å². The number of aromatic amines is 1. The maximum absolute atomic E-state index is 13.1. The molecule has 2 aromatic rings. The van der Waals surface area contributed by atoms with Crippen LogP contribution in [-0.2, 0) is 6.54 Å². The highest BCUT2D eigenvalue weighted by molar-refractivity contribution is 5.92. The van der Waals surface area contributed by atoms with Crippen molar-refractivity contribution in [1.82, 2.24) is 15.1 Å². The predicted octanol–water partition coefficient (Wildman–Crippen LogP) is 2.95. The molecule has 2 N–H and O–H groups in total. The fourth-order valence-corrected chi connectivity index (χ4v) is 2.99. The van der Waals surface area contributed by atoms with Gasteiger partial charge in [0.2, 0.25) is 0 Å². The number of aromatic nitrogens is 2. The quantitative estimate of drug-likeness (QED) is 0.821. The highest BCUT2D eigenvalue weighted by atomic mass is 16.3. The summed E-state index contributed by atoms with van der Waals surface area (Å²) in [7, 11) is 0. The normalized spacial score (nSPS) is 15.5. The molecule has 1 aromatic carbocycles. The van der Waals surface area contributed by atoms with Crippen molar-refractivity contribution in [3.63, 3.8) is 0 Å². The third-order valence-corrected chi connectivity index (χ3v) is 4.65. The number of nitrogens with zero attached hydrogens (tertiary/aromatic N) is 2. The van der Waals surface area contributed by atoms with Gasteiger partial charge in [0.05, 0.1) is 12.6 Å². The summed E-state index contributed by atoms with van der Waals surface area (Å²) in [5.74, 6) is 0.567. The Morgan fingerprint density at radius 1 is 1.33 bits per heavy atom. The van der Waals surface area contributed by atoms with Gasteiger partial charge in [-0.25, -0.2) is 0 Å². The van der Waals surface area contributed by atoms with E-state index in [2.05, 4.69) is 24.0 Å². The second-order valence-corrected chi connectivity index (χ2v) is 6.87. The van der Waals surface area contributed by atoms with Crippen molar-refractivity contribution in [2.75, 3.05) is 6.61 Å². The Bertz CT molecular complexity index is 677. The number of benzene rings is 1. The van der Waals surface area contributed by atoms with Crippen molar-refractivity contribution in [2.45, 2.75) is 45.2 Å². The summed E-state index contributed by atoms with van der Waals surface area (Å²) in [5, 5.41) is 17.0. The largest absolute Gasteiger partial charge is 0.394 e. The summed E-state index contributed by atoms with van der Waals surface area (Å²) in [5.41, 5.74) is 2.43. The van der Waals surface area contributed by atoms with E-state index in [1.807, 2.05) is 36.4 Å². The molecule has 1 heterocycles. The second-order valence-electron chi connectivity index (χ2n) is 6.87. The molecule has 3 rings (SSSR count). The van der Waals surface area contributed by atoms with Crippen LogP contribution in [-0.4, -0.2) is 38.8 Å². The standard InChI is InChI=1S/C19H25N3O2/c1-13(2)16-10-17(21-20-16)19(24)22(18(12-23)15-8-9-15)11-14-6-4-3-5-7-14/h3-7,10,13,15,18,23H,8-9,11-12H2,1-2H3,(H,20,21). The molecular formula is C19H25N3O2. The van der Waals surface area contributed by atoms with Crippen LogP contribution in [0.2, 0.25) is 0 Å². The van der Waals surface area contributed by atoms with Crippen molar-refractivity contribution in [2.24, 2.45) is 5.92 Å². The Kier molecular flexibility index (Phi) is 5.00. The van der Waals surface area contributed by atoms with E-state index in [0.717, 1.165) is 24.1 Å². The van der Waals surface area contributed by atoms with Crippen molar-refractivity contribution in [3.05, 3.63) is 53.3 Å². The van der Waals surface area contributed by atoms with Gasteiger partial charge in [-0.05, 0) is 36.3 Å². The van der Waals surface area contributed by atoms with Crippen LogP contribution < -0.4 is 0 Å². The summed E-state index contributed by atoms with van der Waals surface area (Å²) in [4.78, 5) is 14.8. The fourth-order valence-electron chi connectivity index (χ4n) is 2.99. The highest BCUT2D eigenvalue weighted by Gasteiger charge is 2.37. The van der Waals surface area contributed by atoms with Crippen molar-refractivity contribution < 1.29 is 9.90 Å². The number of rotatable bonds is 7. The fraction of sp³-hybridized carbons (Fsp3) is 0.474. The van der Waals surface area contributed by atoms with E-state index in [1.165, 1.54) is 0 Å². The lowest BCUT2D eigenvalue weighted by molar-refractivity contribution is 0.0525. The molecule has 128 valence electrons. The summed E-state index contributed by atoms with van der Waals surface area (Å²) < 4.78 is 0. The van der Waals surface area contributed by atoms with Crippen molar-refractivity contribution in [3.8, 4) is 0 Å². The van der Waals surface area contributed by atoms with Gasteiger partial charge in [-0.3, -0.25) is 9.89 Å². The van der Waals surface area contributed by atoms with E-state index in [-0.39, 0.29) is 18.6 Å². The number of H-pyrrole nitrogens is 1. The molecular weight excluding hydrogens is 302 g/mol. The van der Waals surface area contributed by atoms with Gasteiger partial charge >= 0.3 is 0 Å². The molecule has 24 heavy (non-hydrogen) atoms. The Hall–Kier alpha value is -2.14. The molecule has 1 amide bonds. The van der Waals surface area contributed by atoms with E-state index in [9.17, 15) is 9.90 Å². The Labute approximate surface area is 142 Å². The molecule has 1 aromatic heterocycles. The van der Waals surface area contributed by atoms with Crippen LogP contribution in [0.15, 0.2) is 36.4 Å². The molecule has 0 spiro atoms. The lowest BCUT2D eigenvalue weighted by Crippen LogP contribution is -2.43. The lowest BCUT2D eigenvalue weighted by Gasteiger charge is -2.30. The minimum atomic E-state index is -0.142. The van der Waals surface area contributed by atoms with Gasteiger partial charge < -0.3 is 10.0 Å². The summed E-state index contributed by atoms with van der Waals surface area (Å²) in [6.45, 7) is 4.60. The number of amides is 1. The van der Waals surface area contributed by atoms with Crippen LogP contribution >= 0.6 is 0 Å². The molecule has 0 saturated heterocycles. The van der Waals surface area contributed by atoms with Gasteiger partial charge in [0.25, 0.3) is 5.91 Å². The average Bonchev–Trinajstić information content (AvgIpc) is 3.29. The molecule has 5 nitrogen and oxygen atoms in total. The Morgan fingerprint density at radius 2 is 2.04 bits per heavy atom. The SMILES string of the molecule is CC(C)c1cc(C(=O)N(Cc2ccccc2)C(CO)C2CC2)n[nH]1. The van der Waals surface area contributed by atoms with Crippen LogP contribution in [0.5, 0.6) is 0 Å².